The highest BCUT2D eigenvalue weighted by atomic mass is 16.5. The number of hydrogen-bond acceptors (Lipinski definition) is 6. The van der Waals surface area contributed by atoms with Crippen LogP contribution >= 0.6 is 0 Å². The van der Waals surface area contributed by atoms with Gasteiger partial charge in [0.2, 0.25) is 0 Å². The van der Waals surface area contributed by atoms with Crippen LogP contribution in [0.3, 0.4) is 0 Å². The summed E-state index contributed by atoms with van der Waals surface area (Å²) < 4.78 is 8.10. The van der Waals surface area contributed by atoms with E-state index >= 15 is 0 Å². The van der Waals surface area contributed by atoms with Gasteiger partial charge in [0.15, 0.2) is 0 Å². The summed E-state index contributed by atoms with van der Waals surface area (Å²) in [6.07, 6.45) is 6.78. The van der Waals surface area contributed by atoms with Crippen molar-refractivity contribution in [3.63, 3.8) is 0 Å². The maximum Gasteiger partial charge on any atom is 0.255 e. The maximum absolute atomic E-state index is 13.0. The minimum Gasteiger partial charge on any atom is -0.491 e. The number of nitrogens with one attached hydrogen (secondary N) is 2. The van der Waals surface area contributed by atoms with Crippen molar-refractivity contribution in [3.05, 3.63) is 47.8 Å². The number of fused-ring (bicyclic) bond motifs is 4. The van der Waals surface area contributed by atoms with Crippen molar-refractivity contribution in [2.24, 2.45) is 0 Å². The lowest BCUT2D eigenvalue weighted by atomic mass is 10.0. The van der Waals surface area contributed by atoms with Crippen molar-refractivity contribution in [1.82, 2.24) is 20.2 Å². The third-order valence-electron chi connectivity index (χ3n) is 7.29. The molecule has 2 unspecified atom stereocenters. The summed E-state index contributed by atoms with van der Waals surface area (Å²) in [5.74, 6) is 0.712. The number of amides is 1. The van der Waals surface area contributed by atoms with Gasteiger partial charge in [-0.25, -0.2) is 4.98 Å². The molecular formula is C25H30N6O2. The first-order chi connectivity index (χ1) is 16.1. The molecule has 0 aliphatic carbocycles. The largest absolute Gasteiger partial charge is 0.491 e. The number of benzene rings is 1. The Bertz CT molecular complexity index is 1210. The highest BCUT2D eigenvalue weighted by molar-refractivity contribution is 6.06. The van der Waals surface area contributed by atoms with Crippen LogP contribution in [0.5, 0.6) is 5.75 Å². The predicted molar refractivity (Wildman–Crippen MR) is 129 cm³/mol. The molecule has 4 N–H and O–H groups in total. The van der Waals surface area contributed by atoms with Gasteiger partial charge in [-0.15, -0.1) is 0 Å². The quantitative estimate of drug-likeness (QED) is 0.569. The normalized spacial score (nSPS) is 23.9. The second-order valence-corrected chi connectivity index (χ2v) is 9.44. The van der Waals surface area contributed by atoms with Crippen molar-refractivity contribution in [2.45, 2.75) is 50.9 Å². The van der Waals surface area contributed by atoms with Crippen LogP contribution in [0.15, 0.2) is 36.7 Å². The Labute approximate surface area is 193 Å². The van der Waals surface area contributed by atoms with Gasteiger partial charge in [-0.05, 0) is 43.9 Å². The van der Waals surface area contributed by atoms with Crippen molar-refractivity contribution >= 4 is 28.3 Å². The van der Waals surface area contributed by atoms with Crippen LogP contribution < -0.4 is 26.0 Å². The number of aromatic nitrogens is 2. The van der Waals surface area contributed by atoms with Crippen molar-refractivity contribution in [1.29, 1.82) is 0 Å². The monoisotopic (exact) mass is 446 g/mol. The van der Waals surface area contributed by atoms with Crippen LogP contribution in [0.2, 0.25) is 0 Å². The molecule has 6 rings (SSSR count). The Morgan fingerprint density at radius 3 is 2.88 bits per heavy atom. The zero-order valence-corrected chi connectivity index (χ0v) is 18.9. The number of hydrogen-bond donors (Lipinski definition) is 3. The number of anilines is 2. The van der Waals surface area contributed by atoms with Gasteiger partial charge in [-0.1, -0.05) is 6.07 Å². The topological polar surface area (TPSA) is 97.4 Å². The van der Waals surface area contributed by atoms with Crippen LogP contribution in [0.25, 0.3) is 11.0 Å². The van der Waals surface area contributed by atoms with Gasteiger partial charge in [0.25, 0.3) is 5.91 Å². The number of carbonyl (C=O) groups excluding carboxylic acids is 1. The molecule has 1 amide bonds. The van der Waals surface area contributed by atoms with E-state index < -0.39 is 0 Å². The Morgan fingerprint density at radius 1 is 1.27 bits per heavy atom. The number of carbonyl (C=O) groups is 1. The first-order valence-electron chi connectivity index (χ1n) is 11.9. The van der Waals surface area contributed by atoms with Crippen LogP contribution in [-0.4, -0.2) is 53.3 Å². The van der Waals surface area contributed by atoms with Crippen LogP contribution in [0.1, 0.15) is 35.7 Å². The van der Waals surface area contributed by atoms with E-state index in [0.29, 0.717) is 29.9 Å². The summed E-state index contributed by atoms with van der Waals surface area (Å²) in [7, 11) is 0. The molecule has 2 fully saturated rings. The molecule has 2 saturated heterocycles. The van der Waals surface area contributed by atoms with E-state index in [2.05, 4.69) is 45.6 Å². The molecule has 8 nitrogen and oxygen atoms in total. The molecule has 0 saturated carbocycles. The Balaban J connectivity index is 1.15. The number of ether oxygens (including phenoxy) is 1. The molecule has 33 heavy (non-hydrogen) atoms. The first-order valence-corrected chi connectivity index (χ1v) is 11.9. The van der Waals surface area contributed by atoms with E-state index in [0.717, 1.165) is 48.4 Å². The fraction of sp³-hybridized carbons (Fsp3) is 0.440. The van der Waals surface area contributed by atoms with E-state index in [-0.39, 0.29) is 11.9 Å². The number of nitrogens with zero attached hydrogens (tertiary/aromatic N) is 3. The number of piperazine rings is 1. The fourth-order valence-electron chi connectivity index (χ4n) is 5.52. The zero-order chi connectivity index (χ0) is 22.5. The highest BCUT2D eigenvalue weighted by Gasteiger charge is 2.33. The predicted octanol–water partition coefficient (Wildman–Crippen LogP) is 2.31. The van der Waals surface area contributed by atoms with Gasteiger partial charge < -0.3 is 30.6 Å². The summed E-state index contributed by atoms with van der Waals surface area (Å²) >= 11 is 0. The van der Waals surface area contributed by atoms with Gasteiger partial charge in [-0.2, -0.15) is 0 Å². The summed E-state index contributed by atoms with van der Waals surface area (Å²) in [6.45, 7) is 5.40. The van der Waals surface area contributed by atoms with Gasteiger partial charge in [0.1, 0.15) is 18.0 Å². The van der Waals surface area contributed by atoms with E-state index in [1.54, 1.807) is 6.20 Å². The summed E-state index contributed by atoms with van der Waals surface area (Å²) in [6, 6.07) is 9.49. The van der Waals surface area contributed by atoms with Gasteiger partial charge in [0, 0.05) is 61.3 Å². The molecule has 2 aromatic heterocycles. The molecule has 3 aliphatic rings. The Hall–Kier alpha value is -3.26. The number of nitrogens with two attached hydrogens (primary N) is 1. The smallest absolute Gasteiger partial charge is 0.255 e. The van der Waals surface area contributed by atoms with Crippen molar-refractivity contribution in [2.75, 3.05) is 30.3 Å². The number of nitrogen functional groups attached to an aromatic ring is 1. The molecular weight excluding hydrogens is 416 g/mol. The number of pyridine rings is 1. The summed E-state index contributed by atoms with van der Waals surface area (Å²) in [5.41, 5.74) is 10.3. The molecule has 3 aromatic rings. The van der Waals surface area contributed by atoms with Crippen molar-refractivity contribution < 1.29 is 9.53 Å². The fourth-order valence-corrected chi connectivity index (χ4v) is 5.52. The lowest BCUT2D eigenvalue weighted by molar-refractivity contribution is 0.0916. The maximum atomic E-state index is 13.0. The molecule has 3 aliphatic heterocycles. The van der Waals surface area contributed by atoms with Crippen LogP contribution in [0.4, 0.5) is 11.4 Å². The average molecular weight is 447 g/mol. The zero-order valence-electron chi connectivity index (χ0n) is 18.9. The molecule has 3 atom stereocenters. The second-order valence-electron chi connectivity index (χ2n) is 9.44. The van der Waals surface area contributed by atoms with E-state index in [1.165, 1.54) is 18.5 Å². The molecule has 0 spiro atoms. The molecule has 1 aromatic carbocycles. The van der Waals surface area contributed by atoms with Gasteiger partial charge in [-0.3, -0.25) is 4.79 Å². The molecule has 5 heterocycles. The Morgan fingerprint density at radius 2 is 2.09 bits per heavy atom. The minimum atomic E-state index is -0.212. The molecule has 0 radical (unpaired) electrons. The van der Waals surface area contributed by atoms with E-state index in [4.69, 9.17) is 10.5 Å². The third-order valence-corrected chi connectivity index (χ3v) is 7.29. The van der Waals surface area contributed by atoms with E-state index in [9.17, 15) is 4.79 Å². The Kier molecular flexibility index (Phi) is 4.90. The number of rotatable bonds is 4. The average Bonchev–Trinajstić information content (AvgIpc) is 3.41. The molecule has 2 bridgehead atoms. The van der Waals surface area contributed by atoms with Crippen LogP contribution in [0, 0.1) is 0 Å². The second kappa shape index (κ2) is 7.95. The standard InChI is InChI=1S/C25H30N6O2/c1-2-30-8-7-20-23(26)21(11-27-24(20)30)25(32)29-18-9-15-3-6-19(10-22(15)33-14-18)31-12-16-4-5-17(13-31)28-16/h3,6-8,10-11,16-18,28H,2,4-5,9,12-14H2,1H3,(H2,26,27)(H,29,32)/t16?,17?,18-/m1/s1. The lowest BCUT2D eigenvalue weighted by Crippen LogP contribution is -2.51. The highest BCUT2D eigenvalue weighted by Crippen LogP contribution is 2.32. The SMILES string of the molecule is CCn1ccc2c(N)c(C(=O)N[C@H]3COc4cc(N5CC6CCC(C5)N6)ccc4C3)cnc21. The molecule has 172 valence electrons. The van der Waals surface area contributed by atoms with Gasteiger partial charge >= 0.3 is 0 Å². The minimum absolute atomic E-state index is 0.110. The van der Waals surface area contributed by atoms with E-state index in [1.807, 2.05) is 16.8 Å². The summed E-state index contributed by atoms with van der Waals surface area (Å²) in [4.78, 5) is 19.9. The summed E-state index contributed by atoms with van der Waals surface area (Å²) in [5, 5.41) is 7.58. The first kappa shape index (κ1) is 20.4. The number of aryl methyl sites for hydroxylation is 1. The third kappa shape index (κ3) is 3.58. The van der Waals surface area contributed by atoms with Gasteiger partial charge in [0.05, 0.1) is 17.3 Å². The molecule has 8 heteroatoms. The van der Waals surface area contributed by atoms with Crippen LogP contribution in [-0.2, 0) is 13.0 Å². The lowest BCUT2D eigenvalue weighted by Gasteiger charge is -2.35. The van der Waals surface area contributed by atoms with Crippen molar-refractivity contribution in [3.8, 4) is 5.75 Å².